The van der Waals surface area contributed by atoms with Gasteiger partial charge in [-0.25, -0.2) is 8.42 Å². The summed E-state index contributed by atoms with van der Waals surface area (Å²) in [7, 11) is -3.40. The molecule has 2 aliphatic rings. The molecule has 1 heterocycles. The van der Waals surface area contributed by atoms with E-state index in [9.17, 15) is 8.42 Å². The molecular weight excluding hydrogens is 312 g/mol. The molecule has 0 bridgehead atoms. The lowest BCUT2D eigenvalue weighted by Crippen LogP contribution is -2.52. The van der Waals surface area contributed by atoms with Gasteiger partial charge in [-0.3, -0.25) is 4.90 Å². The molecule has 1 saturated heterocycles. The third-order valence-electron chi connectivity index (χ3n) is 4.81. The van der Waals surface area contributed by atoms with Gasteiger partial charge in [0.05, 0.1) is 11.0 Å². The van der Waals surface area contributed by atoms with Gasteiger partial charge in [0, 0.05) is 31.7 Å². The van der Waals surface area contributed by atoms with Crippen LogP contribution in [0.15, 0.2) is 29.2 Å². The van der Waals surface area contributed by atoms with Crippen molar-refractivity contribution in [3.8, 4) is 5.75 Å². The van der Waals surface area contributed by atoms with Crippen molar-refractivity contribution in [3.05, 3.63) is 24.3 Å². The van der Waals surface area contributed by atoms with Crippen LogP contribution in [0.25, 0.3) is 0 Å². The number of hydrogen-bond acceptors (Lipinski definition) is 4. The molecule has 0 amide bonds. The molecule has 1 aromatic carbocycles. The van der Waals surface area contributed by atoms with Crippen molar-refractivity contribution in [2.75, 3.05) is 26.2 Å². The Morgan fingerprint density at radius 3 is 2.09 bits per heavy atom. The molecule has 1 aliphatic carbocycles. The van der Waals surface area contributed by atoms with E-state index in [0.29, 0.717) is 29.3 Å². The van der Waals surface area contributed by atoms with Crippen LogP contribution in [-0.4, -0.2) is 55.4 Å². The average molecular weight is 338 g/mol. The van der Waals surface area contributed by atoms with Crippen LogP contribution in [0.2, 0.25) is 0 Å². The standard InChI is InChI=1S/C17H26N2O3S/c1-14(2)22-15-4-6-16(7-5-15)23(20,21)19-12-10-18(11-13-19)17(3)8-9-17/h4-7,14H,8-13H2,1-3H3. The van der Waals surface area contributed by atoms with Gasteiger partial charge < -0.3 is 4.74 Å². The first-order chi connectivity index (χ1) is 10.8. The van der Waals surface area contributed by atoms with Crippen LogP contribution in [0.5, 0.6) is 5.75 Å². The molecule has 1 aliphatic heterocycles. The normalized spacial score (nSPS) is 22.3. The van der Waals surface area contributed by atoms with Gasteiger partial charge in [0.2, 0.25) is 10.0 Å². The molecule has 0 spiro atoms. The lowest BCUT2D eigenvalue weighted by atomic mass is 10.2. The van der Waals surface area contributed by atoms with Gasteiger partial charge in [-0.1, -0.05) is 0 Å². The Morgan fingerprint density at radius 2 is 1.61 bits per heavy atom. The fourth-order valence-corrected chi connectivity index (χ4v) is 4.50. The van der Waals surface area contributed by atoms with Crippen molar-refractivity contribution in [1.29, 1.82) is 0 Å². The number of rotatable bonds is 5. The predicted octanol–water partition coefficient (Wildman–Crippen LogP) is 2.33. The van der Waals surface area contributed by atoms with Crippen molar-refractivity contribution in [3.63, 3.8) is 0 Å². The fourth-order valence-electron chi connectivity index (χ4n) is 3.08. The molecule has 3 rings (SSSR count). The SMILES string of the molecule is CC(C)Oc1ccc(S(=O)(=O)N2CCN(C3(C)CC3)CC2)cc1. The monoisotopic (exact) mass is 338 g/mol. The second kappa shape index (κ2) is 6.07. The summed E-state index contributed by atoms with van der Waals surface area (Å²) in [6.45, 7) is 8.96. The smallest absolute Gasteiger partial charge is 0.243 e. The van der Waals surface area contributed by atoms with Crippen LogP contribution < -0.4 is 4.74 Å². The molecule has 23 heavy (non-hydrogen) atoms. The molecule has 1 saturated carbocycles. The maximum Gasteiger partial charge on any atom is 0.243 e. The van der Waals surface area contributed by atoms with Crippen LogP contribution in [-0.2, 0) is 10.0 Å². The first-order valence-corrected chi connectivity index (χ1v) is 9.77. The Labute approximate surface area is 139 Å². The Morgan fingerprint density at radius 1 is 1.04 bits per heavy atom. The molecule has 1 aromatic rings. The molecule has 0 aromatic heterocycles. The second-order valence-electron chi connectivity index (χ2n) is 7.03. The van der Waals surface area contributed by atoms with Crippen molar-refractivity contribution in [2.45, 2.75) is 50.2 Å². The summed E-state index contributed by atoms with van der Waals surface area (Å²) in [5.41, 5.74) is 0.325. The van der Waals surface area contributed by atoms with Gasteiger partial charge in [0.25, 0.3) is 0 Å². The van der Waals surface area contributed by atoms with Crippen LogP contribution >= 0.6 is 0 Å². The first-order valence-electron chi connectivity index (χ1n) is 8.33. The van der Waals surface area contributed by atoms with Crippen LogP contribution in [0, 0.1) is 0 Å². The number of nitrogens with zero attached hydrogens (tertiary/aromatic N) is 2. The van der Waals surface area contributed by atoms with E-state index in [1.165, 1.54) is 12.8 Å². The Kier molecular flexibility index (Phi) is 4.42. The number of piperazine rings is 1. The Bertz CT molecular complexity index is 643. The third kappa shape index (κ3) is 3.54. The van der Waals surface area contributed by atoms with Gasteiger partial charge >= 0.3 is 0 Å². The van der Waals surface area contributed by atoms with E-state index < -0.39 is 10.0 Å². The highest BCUT2D eigenvalue weighted by Crippen LogP contribution is 2.41. The van der Waals surface area contributed by atoms with Crippen molar-refractivity contribution >= 4 is 10.0 Å². The zero-order chi connectivity index (χ0) is 16.7. The highest BCUT2D eigenvalue weighted by molar-refractivity contribution is 7.89. The van der Waals surface area contributed by atoms with Crippen molar-refractivity contribution in [2.24, 2.45) is 0 Å². The highest BCUT2D eigenvalue weighted by atomic mass is 32.2. The summed E-state index contributed by atoms with van der Waals surface area (Å²) in [5, 5.41) is 0. The van der Waals surface area contributed by atoms with Gasteiger partial charge in [0.1, 0.15) is 5.75 Å². The maximum absolute atomic E-state index is 12.8. The van der Waals surface area contributed by atoms with Gasteiger partial charge in [-0.05, 0) is 57.9 Å². The molecule has 0 radical (unpaired) electrons. The summed E-state index contributed by atoms with van der Waals surface area (Å²) in [5.74, 6) is 0.699. The van der Waals surface area contributed by atoms with E-state index in [2.05, 4.69) is 11.8 Å². The predicted molar refractivity (Wildman–Crippen MR) is 90.2 cm³/mol. The second-order valence-corrected chi connectivity index (χ2v) is 8.96. The topological polar surface area (TPSA) is 49.9 Å². The van der Waals surface area contributed by atoms with Crippen LogP contribution in [0.3, 0.4) is 0 Å². The molecule has 128 valence electrons. The molecule has 0 unspecified atom stereocenters. The Hall–Kier alpha value is -1.11. The zero-order valence-electron chi connectivity index (χ0n) is 14.2. The minimum Gasteiger partial charge on any atom is -0.491 e. The van der Waals surface area contributed by atoms with E-state index in [1.54, 1.807) is 28.6 Å². The lowest BCUT2D eigenvalue weighted by molar-refractivity contribution is 0.132. The third-order valence-corrected chi connectivity index (χ3v) is 6.72. The summed E-state index contributed by atoms with van der Waals surface area (Å²) < 4.78 is 32.7. The molecule has 6 heteroatoms. The highest BCUT2D eigenvalue weighted by Gasteiger charge is 2.44. The molecule has 0 N–H and O–H groups in total. The van der Waals surface area contributed by atoms with Crippen molar-refractivity contribution < 1.29 is 13.2 Å². The van der Waals surface area contributed by atoms with Crippen molar-refractivity contribution in [1.82, 2.24) is 9.21 Å². The fraction of sp³-hybridized carbons (Fsp3) is 0.647. The van der Waals surface area contributed by atoms with Crippen LogP contribution in [0.4, 0.5) is 0 Å². The zero-order valence-corrected chi connectivity index (χ0v) is 15.0. The summed E-state index contributed by atoms with van der Waals surface area (Å²) in [6.07, 6.45) is 2.54. The minimum atomic E-state index is -3.40. The molecule has 2 fully saturated rings. The number of ether oxygens (including phenoxy) is 1. The van der Waals surface area contributed by atoms with Gasteiger partial charge in [-0.2, -0.15) is 4.31 Å². The van der Waals surface area contributed by atoms with E-state index in [4.69, 9.17) is 4.74 Å². The number of benzene rings is 1. The number of hydrogen-bond donors (Lipinski definition) is 0. The summed E-state index contributed by atoms with van der Waals surface area (Å²) >= 11 is 0. The lowest BCUT2D eigenvalue weighted by Gasteiger charge is -2.37. The van der Waals surface area contributed by atoms with Crippen LogP contribution in [0.1, 0.15) is 33.6 Å². The molecule has 0 atom stereocenters. The average Bonchev–Trinajstić information content (AvgIpc) is 3.26. The van der Waals surface area contributed by atoms with E-state index in [0.717, 1.165) is 13.1 Å². The first kappa shape index (κ1) is 16.7. The minimum absolute atomic E-state index is 0.0781. The molecule has 5 nitrogen and oxygen atoms in total. The number of sulfonamides is 1. The van der Waals surface area contributed by atoms with E-state index >= 15 is 0 Å². The maximum atomic E-state index is 12.8. The molecular formula is C17H26N2O3S. The quantitative estimate of drug-likeness (QED) is 0.827. The van der Waals surface area contributed by atoms with Gasteiger partial charge in [-0.15, -0.1) is 0 Å². The summed E-state index contributed by atoms with van der Waals surface area (Å²) in [4.78, 5) is 2.78. The van der Waals surface area contributed by atoms with E-state index in [-0.39, 0.29) is 6.10 Å². The Balaban J connectivity index is 1.67. The summed E-state index contributed by atoms with van der Waals surface area (Å²) in [6, 6.07) is 6.74. The van der Waals surface area contributed by atoms with E-state index in [1.807, 2.05) is 13.8 Å². The van der Waals surface area contributed by atoms with Gasteiger partial charge in [0.15, 0.2) is 0 Å². The largest absolute Gasteiger partial charge is 0.491 e.